The number of nitrogens with zero attached hydrogens (tertiary/aromatic N) is 5. The maximum Gasteiger partial charge on any atom is 0.320 e. The number of hydrogen-bond acceptors (Lipinski definition) is 9. The van der Waals surface area contributed by atoms with Gasteiger partial charge in [-0.2, -0.15) is 15.0 Å². The Labute approximate surface area is 180 Å². The van der Waals surface area contributed by atoms with Gasteiger partial charge in [-0.15, -0.1) is 0 Å². The molecule has 3 heterocycles. The van der Waals surface area contributed by atoms with Gasteiger partial charge < -0.3 is 26.0 Å². The van der Waals surface area contributed by atoms with Crippen molar-refractivity contribution in [2.75, 3.05) is 32.5 Å². The predicted octanol–water partition coefficient (Wildman–Crippen LogP) is 1.49. The summed E-state index contributed by atoms with van der Waals surface area (Å²) in [5.41, 5.74) is 14.8. The monoisotopic (exact) mass is 427 g/mol. The first-order valence-corrected chi connectivity index (χ1v) is 10.5. The Kier molecular flexibility index (Phi) is 6.10. The van der Waals surface area contributed by atoms with Crippen LogP contribution in [0.3, 0.4) is 0 Å². The number of aromatic hydroxyl groups is 1. The van der Waals surface area contributed by atoms with Gasteiger partial charge in [0, 0.05) is 18.2 Å². The first-order chi connectivity index (χ1) is 15.0. The SMILES string of the molecule is CCOc1nc(N)c2nc(O)n(Cc3ccc(CN4CCC(N)CC4)cc3OC)c2n1. The molecule has 0 unspecified atom stereocenters. The summed E-state index contributed by atoms with van der Waals surface area (Å²) >= 11 is 0. The molecule has 0 bridgehead atoms. The molecular formula is C21H29N7O3. The van der Waals surface area contributed by atoms with Crippen LogP contribution in [0.25, 0.3) is 11.2 Å². The van der Waals surface area contributed by atoms with Crippen LogP contribution in [-0.2, 0) is 13.1 Å². The molecule has 1 saturated heterocycles. The summed E-state index contributed by atoms with van der Waals surface area (Å²) in [5, 5.41) is 10.4. The van der Waals surface area contributed by atoms with E-state index >= 15 is 0 Å². The van der Waals surface area contributed by atoms with Gasteiger partial charge in [0.15, 0.2) is 17.0 Å². The lowest BCUT2D eigenvalue weighted by Crippen LogP contribution is -2.39. The molecule has 0 saturated carbocycles. The molecule has 10 nitrogen and oxygen atoms in total. The van der Waals surface area contributed by atoms with E-state index in [1.165, 1.54) is 5.56 Å². The van der Waals surface area contributed by atoms with Crippen molar-refractivity contribution in [2.45, 2.75) is 38.9 Å². The van der Waals surface area contributed by atoms with Crippen molar-refractivity contribution in [3.63, 3.8) is 0 Å². The Hall–Kier alpha value is -3.11. The summed E-state index contributed by atoms with van der Waals surface area (Å²) in [6.07, 6.45) is 2.05. The van der Waals surface area contributed by atoms with Crippen molar-refractivity contribution in [2.24, 2.45) is 5.73 Å². The molecule has 166 valence electrons. The standard InChI is InChI=1S/C21H29N7O3/c1-3-31-20-25-18(23)17-19(26-20)28(21(29)24-17)12-14-5-4-13(10-16(14)30-2)11-27-8-6-15(22)7-9-27/h4-5,10,15H,3,6-9,11-12,22H2,1-2H3,(H,24,29)(H2,23,25,26). The van der Waals surface area contributed by atoms with Crippen LogP contribution in [-0.4, -0.2) is 62.4 Å². The number of ether oxygens (including phenoxy) is 2. The van der Waals surface area contributed by atoms with Crippen LogP contribution in [0.2, 0.25) is 0 Å². The summed E-state index contributed by atoms with van der Waals surface area (Å²) in [5.74, 6) is 0.894. The molecule has 1 aliphatic rings. The van der Waals surface area contributed by atoms with Crippen LogP contribution in [0, 0.1) is 0 Å². The quantitative estimate of drug-likeness (QED) is 0.512. The van der Waals surface area contributed by atoms with Crippen LogP contribution in [0.15, 0.2) is 18.2 Å². The molecule has 0 radical (unpaired) electrons. The topological polar surface area (TPSA) is 138 Å². The number of piperidine rings is 1. The van der Waals surface area contributed by atoms with Crippen molar-refractivity contribution in [3.05, 3.63) is 29.3 Å². The molecule has 0 atom stereocenters. The molecule has 2 aromatic heterocycles. The van der Waals surface area contributed by atoms with Crippen molar-refractivity contribution in [1.82, 2.24) is 24.4 Å². The number of benzene rings is 1. The highest BCUT2D eigenvalue weighted by Gasteiger charge is 2.19. The zero-order chi connectivity index (χ0) is 22.0. The number of nitrogens with two attached hydrogens (primary N) is 2. The van der Waals surface area contributed by atoms with Crippen molar-refractivity contribution in [1.29, 1.82) is 0 Å². The van der Waals surface area contributed by atoms with Crippen molar-refractivity contribution < 1.29 is 14.6 Å². The Morgan fingerprint density at radius 3 is 2.65 bits per heavy atom. The fraction of sp³-hybridized carbons (Fsp3) is 0.476. The number of rotatable bonds is 7. The second-order valence-electron chi connectivity index (χ2n) is 7.75. The van der Waals surface area contributed by atoms with E-state index in [0.717, 1.165) is 43.8 Å². The largest absolute Gasteiger partial charge is 0.496 e. The molecule has 5 N–H and O–H groups in total. The smallest absolute Gasteiger partial charge is 0.320 e. The highest BCUT2D eigenvalue weighted by molar-refractivity contribution is 5.83. The lowest BCUT2D eigenvalue weighted by Gasteiger charge is -2.30. The summed E-state index contributed by atoms with van der Waals surface area (Å²) in [6, 6.07) is 6.39. The minimum Gasteiger partial charge on any atom is -0.496 e. The lowest BCUT2D eigenvalue weighted by atomic mass is 10.0. The third kappa shape index (κ3) is 4.49. The summed E-state index contributed by atoms with van der Waals surface area (Å²) in [6.45, 7) is 5.41. The summed E-state index contributed by atoms with van der Waals surface area (Å²) in [7, 11) is 1.64. The Bertz CT molecular complexity index is 1060. The van der Waals surface area contributed by atoms with Gasteiger partial charge in [0.25, 0.3) is 6.01 Å². The van der Waals surface area contributed by atoms with Gasteiger partial charge >= 0.3 is 6.01 Å². The molecule has 0 spiro atoms. The number of aromatic nitrogens is 4. The molecule has 0 aliphatic carbocycles. The van der Waals surface area contributed by atoms with Gasteiger partial charge in [0.05, 0.1) is 20.3 Å². The van der Waals surface area contributed by atoms with E-state index in [4.69, 9.17) is 20.9 Å². The lowest BCUT2D eigenvalue weighted by molar-refractivity contribution is 0.205. The zero-order valence-electron chi connectivity index (χ0n) is 17.9. The highest BCUT2D eigenvalue weighted by Crippen LogP contribution is 2.29. The second-order valence-corrected chi connectivity index (χ2v) is 7.75. The highest BCUT2D eigenvalue weighted by atomic mass is 16.5. The molecule has 4 rings (SSSR count). The van der Waals surface area contributed by atoms with E-state index in [-0.39, 0.29) is 17.8 Å². The number of nitrogen functional groups attached to an aromatic ring is 1. The second kappa shape index (κ2) is 8.94. The third-order valence-electron chi connectivity index (χ3n) is 5.57. The molecule has 10 heteroatoms. The fourth-order valence-electron chi connectivity index (χ4n) is 3.89. The third-order valence-corrected chi connectivity index (χ3v) is 5.57. The molecule has 3 aromatic rings. The average molecular weight is 428 g/mol. The maximum atomic E-state index is 10.4. The number of anilines is 1. The fourth-order valence-corrected chi connectivity index (χ4v) is 3.89. The minimum atomic E-state index is -0.194. The first-order valence-electron chi connectivity index (χ1n) is 10.5. The number of methoxy groups -OCH3 is 1. The Morgan fingerprint density at radius 1 is 1.16 bits per heavy atom. The van der Waals surface area contributed by atoms with Crippen LogP contribution < -0.4 is 20.9 Å². The number of imidazole rings is 1. The van der Waals surface area contributed by atoms with Crippen LogP contribution in [0.4, 0.5) is 5.82 Å². The molecule has 0 amide bonds. The summed E-state index contributed by atoms with van der Waals surface area (Å²) < 4.78 is 12.6. The van der Waals surface area contributed by atoms with Gasteiger partial charge in [-0.25, -0.2) is 0 Å². The van der Waals surface area contributed by atoms with Crippen molar-refractivity contribution >= 4 is 17.0 Å². The number of likely N-dealkylation sites (tertiary alicyclic amines) is 1. The normalized spacial score (nSPS) is 15.5. The van der Waals surface area contributed by atoms with E-state index in [9.17, 15) is 5.11 Å². The van der Waals surface area contributed by atoms with E-state index < -0.39 is 0 Å². The first kappa shape index (κ1) is 21.1. The Balaban J connectivity index is 1.60. The molecule has 1 fully saturated rings. The average Bonchev–Trinajstić information content (AvgIpc) is 3.07. The predicted molar refractivity (Wildman–Crippen MR) is 117 cm³/mol. The molecular weight excluding hydrogens is 398 g/mol. The van der Waals surface area contributed by atoms with Crippen LogP contribution >= 0.6 is 0 Å². The van der Waals surface area contributed by atoms with E-state index in [1.54, 1.807) is 11.7 Å². The van der Waals surface area contributed by atoms with E-state index in [1.807, 2.05) is 19.1 Å². The molecule has 31 heavy (non-hydrogen) atoms. The minimum absolute atomic E-state index is 0.150. The molecule has 1 aromatic carbocycles. The maximum absolute atomic E-state index is 10.4. The molecule has 1 aliphatic heterocycles. The Morgan fingerprint density at radius 2 is 1.94 bits per heavy atom. The number of fused-ring (bicyclic) bond motifs is 1. The van der Waals surface area contributed by atoms with Crippen molar-refractivity contribution in [3.8, 4) is 17.8 Å². The van der Waals surface area contributed by atoms with Gasteiger partial charge in [0.1, 0.15) is 5.75 Å². The number of hydrogen-bond donors (Lipinski definition) is 3. The van der Waals surface area contributed by atoms with Gasteiger partial charge in [0.2, 0.25) is 0 Å². The summed E-state index contributed by atoms with van der Waals surface area (Å²) in [4.78, 5) is 15.0. The van der Waals surface area contributed by atoms with Gasteiger partial charge in [-0.05, 0) is 44.5 Å². The zero-order valence-corrected chi connectivity index (χ0v) is 17.9. The van der Waals surface area contributed by atoms with Gasteiger partial charge in [-0.1, -0.05) is 12.1 Å². The van der Waals surface area contributed by atoms with E-state index in [0.29, 0.717) is 30.4 Å². The van der Waals surface area contributed by atoms with Gasteiger partial charge in [-0.3, -0.25) is 9.47 Å². The van der Waals surface area contributed by atoms with Crippen LogP contribution in [0.1, 0.15) is 30.9 Å². The van der Waals surface area contributed by atoms with E-state index in [2.05, 4.69) is 25.9 Å². The van der Waals surface area contributed by atoms with Crippen LogP contribution in [0.5, 0.6) is 17.8 Å².